The van der Waals surface area contributed by atoms with Crippen LogP contribution < -0.4 is 4.74 Å². The van der Waals surface area contributed by atoms with Crippen LogP contribution in [0, 0.1) is 6.92 Å². The van der Waals surface area contributed by atoms with E-state index >= 15 is 0 Å². The zero-order valence-electron chi connectivity index (χ0n) is 20.2. The highest BCUT2D eigenvalue weighted by Crippen LogP contribution is 2.37. The van der Waals surface area contributed by atoms with E-state index in [0.29, 0.717) is 16.4 Å². The van der Waals surface area contributed by atoms with Crippen LogP contribution in [0.3, 0.4) is 0 Å². The molecule has 0 saturated carbocycles. The van der Waals surface area contributed by atoms with Crippen molar-refractivity contribution in [2.45, 2.75) is 32.4 Å². The number of thiazole rings is 1. The van der Waals surface area contributed by atoms with Crippen molar-refractivity contribution in [2.24, 2.45) is 0 Å². The molecule has 0 fully saturated rings. The van der Waals surface area contributed by atoms with Gasteiger partial charge in [-0.3, -0.25) is 9.67 Å². The van der Waals surface area contributed by atoms with Gasteiger partial charge < -0.3 is 14.9 Å². The number of hydrogen-bond acceptors (Lipinski definition) is 7. The predicted octanol–water partition coefficient (Wildman–Crippen LogP) is 5.69. The highest BCUT2D eigenvalue weighted by Gasteiger charge is 2.38. The van der Waals surface area contributed by atoms with E-state index in [1.807, 2.05) is 0 Å². The average molecular weight is 588 g/mol. The molecule has 4 rings (SSSR count). The van der Waals surface area contributed by atoms with E-state index in [1.54, 1.807) is 31.3 Å². The van der Waals surface area contributed by atoms with E-state index in [1.165, 1.54) is 34.5 Å². The smallest absolute Gasteiger partial charge is 0.487 e. The lowest BCUT2D eigenvalue weighted by molar-refractivity contribution is -0.192. The molecule has 0 saturated heterocycles. The Balaban J connectivity index is 0.000000559. The standard InChI is InChI=1S/C22H17F3N4O3S.C2HF3O2/c1-13-19(11-29-10-15(9-27-29)21(30)31)28-20(33-13)14-6-16(22(23,24)25)8-18(7-14)32-12-17-4-2-3-5-26-17;3-2(4,5)1(6)7/h2-10H,11-12H2,1H3,(H,30,31);(H,6,7). The number of carbonyl (C=O) groups is 2. The molecular formula is C24H18F6N4O5S. The van der Waals surface area contributed by atoms with Gasteiger partial charge in [-0.1, -0.05) is 6.07 Å². The number of halogens is 6. The first-order chi connectivity index (χ1) is 18.6. The van der Waals surface area contributed by atoms with Crippen molar-refractivity contribution in [2.75, 3.05) is 0 Å². The minimum absolute atomic E-state index is 0.0228. The van der Waals surface area contributed by atoms with Crippen molar-refractivity contribution in [3.63, 3.8) is 0 Å². The zero-order chi connectivity index (χ0) is 29.7. The van der Waals surface area contributed by atoms with Crippen LogP contribution in [0.1, 0.15) is 32.2 Å². The Morgan fingerprint density at radius 2 is 1.77 bits per heavy atom. The van der Waals surface area contributed by atoms with Crippen LogP contribution in [0.2, 0.25) is 0 Å². The van der Waals surface area contributed by atoms with Gasteiger partial charge in [0.2, 0.25) is 0 Å². The molecule has 0 aliphatic heterocycles. The maximum atomic E-state index is 13.5. The molecule has 2 N–H and O–H groups in total. The van der Waals surface area contributed by atoms with Gasteiger partial charge in [-0.2, -0.15) is 31.4 Å². The molecule has 0 amide bonds. The number of aromatic carboxylic acids is 1. The molecule has 0 atom stereocenters. The summed E-state index contributed by atoms with van der Waals surface area (Å²) in [5.74, 6) is -3.80. The number of nitrogens with zero attached hydrogens (tertiary/aromatic N) is 4. The van der Waals surface area contributed by atoms with Crippen molar-refractivity contribution in [3.8, 4) is 16.3 Å². The molecule has 0 aliphatic carbocycles. The molecule has 0 spiro atoms. The first-order valence-corrected chi connectivity index (χ1v) is 11.7. The van der Waals surface area contributed by atoms with Crippen molar-refractivity contribution >= 4 is 23.3 Å². The quantitative estimate of drug-likeness (QED) is 0.264. The lowest BCUT2D eigenvalue weighted by Gasteiger charge is -2.12. The summed E-state index contributed by atoms with van der Waals surface area (Å²) in [6, 6.07) is 8.71. The Kier molecular flexibility index (Phi) is 9.13. The number of hydrogen-bond donors (Lipinski definition) is 2. The first-order valence-electron chi connectivity index (χ1n) is 10.9. The minimum atomic E-state index is -5.08. The fourth-order valence-corrected chi connectivity index (χ4v) is 3.93. The molecule has 1 aromatic carbocycles. The second kappa shape index (κ2) is 12.1. The van der Waals surface area contributed by atoms with Gasteiger partial charge in [0.05, 0.1) is 35.3 Å². The topological polar surface area (TPSA) is 127 Å². The van der Waals surface area contributed by atoms with Gasteiger partial charge in [0.15, 0.2) is 0 Å². The van der Waals surface area contributed by atoms with Crippen LogP contribution in [0.15, 0.2) is 55.0 Å². The number of carboxylic acids is 2. The fraction of sp³-hybridized carbons (Fsp3) is 0.208. The average Bonchev–Trinajstić information content (AvgIpc) is 3.50. The molecule has 0 bridgehead atoms. The first kappa shape index (κ1) is 30.1. The fourth-order valence-electron chi connectivity index (χ4n) is 3.02. The summed E-state index contributed by atoms with van der Waals surface area (Å²) in [5, 5.41) is 20.5. The molecule has 3 aromatic heterocycles. The third-order valence-electron chi connectivity index (χ3n) is 4.92. The van der Waals surface area contributed by atoms with Crippen molar-refractivity contribution in [3.05, 3.63) is 82.4 Å². The molecule has 9 nitrogen and oxygen atoms in total. The van der Waals surface area contributed by atoms with Crippen LogP contribution in [0.5, 0.6) is 5.75 Å². The molecule has 212 valence electrons. The summed E-state index contributed by atoms with van der Waals surface area (Å²) in [6.07, 6.45) is -5.47. The number of aromatic nitrogens is 4. The third-order valence-corrected chi connectivity index (χ3v) is 5.98. The van der Waals surface area contributed by atoms with Gasteiger partial charge >= 0.3 is 24.3 Å². The van der Waals surface area contributed by atoms with Gasteiger partial charge in [0, 0.05) is 22.8 Å². The van der Waals surface area contributed by atoms with Gasteiger partial charge in [0.1, 0.15) is 17.4 Å². The van der Waals surface area contributed by atoms with Crippen LogP contribution >= 0.6 is 11.3 Å². The number of rotatable bonds is 7. The Labute approximate surface area is 225 Å². The van der Waals surface area contributed by atoms with Crippen molar-refractivity contribution in [1.82, 2.24) is 19.7 Å². The minimum Gasteiger partial charge on any atom is -0.487 e. The molecule has 40 heavy (non-hydrogen) atoms. The normalized spacial score (nSPS) is 11.5. The number of carboxylic acid groups (broad SMARTS) is 2. The molecular weight excluding hydrogens is 570 g/mol. The van der Waals surface area contributed by atoms with Gasteiger partial charge in [-0.25, -0.2) is 14.6 Å². The van der Waals surface area contributed by atoms with Gasteiger partial charge in [-0.05, 0) is 37.3 Å². The number of ether oxygens (including phenoxy) is 1. The number of pyridine rings is 1. The lowest BCUT2D eigenvalue weighted by Crippen LogP contribution is -2.21. The third kappa shape index (κ3) is 8.26. The highest BCUT2D eigenvalue weighted by molar-refractivity contribution is 7.15. The molecule has 0 unspecified atom stereocenters. The summed E-state index contributed by atoms with van der Waals surface area (Å²) < 4.78 is 79.3. The Morgan fingerprint density at radius 1 is 1.07 bits per heavy atom. The summed E-state index contributed by atoms with van der Waals surface area (Å²) in [6.45, 7) is 2.01. The van der Waals surface area contributed by atoms with E-state index in [2.05, 4.69) is 15.1 Å². The van der Waals surface area contributed by atoms with E-state index in [0.717, 1.165) is 17.0 Å². The summed E-state index contributed by atoms with van der Waals surface area (Å²) in [5.41, 5.74) is 0.637. The van der Waals surface area contributed by atoms with Crippen LogP contribution in [-0.4, -0.2) is 48.1 Å². The monoisotopic (exact) mass is 588 g/mol. The molecule has 3 heterocycles. The Morgan fingerprint density at radius 3 is 2.33 bits per heavy atom. The molecule has 16 heteroatoms. The molecule has 4 aromatic rings. The maximum Gasteiger partial charge on any atom is 0.490 e. The number of alkyl halides is 6. The van der Waals surface area contributed by atoms with Gasteiger partial charge in [0.25, 0.3) is 0 Å². The van der Waals surface area contributed by atoms with E-state index in [4.69, 9.17) is 19.7 Å². The molecule has 0 radical (unpaired) electrons. The van der Waals surface area contributed by atoms with Crippen LogP contribution in [-0.2, 0) is 24.1 Å². The second-order valence-electron chi connectivity index (χ2n) is 7.91. The van der Waals surface area contributed by atoms with Gasteiger partial charge in [-0.15, -0.1) is 11.3 Å². The summed E-state index contributed by atoms with van der Waals surface area (Å²) in [7, 11) is 0. The number of aryl methyl sites for hydroxylation is 1. The SMILES string of the molecule is Cc1sc(-c2cc(OCc3ccccn3)cc(C(F)(F)F)c2)nc1Cn1cc(C(=O)O)cn1.O=C(O)C(F)(F)F. The Hall–Kier alpha value is -4.47. The van der Waals surface area contributed by atoms with E-state index < -0.39 is 29.9 Å². The van der Waals surface area contributed by atoms with Crippen molar-refractivity contribution < 1.29 is 50.9 Å². The predicted molar refractivity (Wildman–Crippen MR) is 128 cm³/mol. The van der Waals surface area contributed by atoms with Crippen molar-refractivity contribution in [1.29, 1.82) is 0 Å². The lowest BCUT2D eigenvalue weighted by atomic mass is 10.1. The number of aliphatic carboxylic acids is 1. The van der Waals surface area contributed by atoms with Crippen LogP contribution in [0.4, 0.5) is 26.3 Å². The van der Waals surface area contributed by atoms with E-state index in [-0.39, 0.29) is 30.0 Å². The summed E-state index contributed by atoms with van der Waals surface area (Å²) in [4.78, 5) is 29.3. The Bertz CT molecular complexity index is 1490. The second-order valence-corrected chi connectivity index (χ2v) is 9.11. The highest BCUT2D eigenvalue weighted by atomic mass is 32.1. The van der Waals surface area contributed by atoms with Crippen LogP contribution in [0.25, 0.3) is 10.6 Å². The van der Waals surface area contributed by atoms with E-state index in [9.17, 15) is 31.1 Å². The summed E-state index contributed by atoms with van der Waals surface area (Å²) >= 11 is 1.24. The largest absolute Gasteiger partial charge is 0.490 e. The maximum absolute atomic E-state index is 13.5. The zero-order valence-corrected chi connectivity index (χ0v) is 21.0. The molecule has 0 aliphatic rings. The number of benzene rings is 1.